The first-order valence-electron chi connectivity index (χ1n) is 6.02. The Hall–Kier alpha value is -0.520. The molecule has 5 heteroatoms. The molecule has 0 atom stereocenters. The minimum atomic E-state index is -0.547. The summed E-state index contributed by atoms with van der Waals surface area (Å²) in [5.74, 6) is -1.08. The average Bonchev–Trinajstić information content (AvgIpc) is 3.09. The Morgan fingerprint density at radius 3 is 2.67 bits per heavy atom. The predicted molar refractivity (Wildman–Crippen MR) is 69.1 cm³/mol. The van der Waals surface area contributed by atoms with Crippen LogP contribution in [0, 0.1) is 17.0 Å². The molecule has 2 nitrogen and oxygen atoms in total. The van der Waals surface area contributed by atoms with Crippen molar-refractivity contribution in [2.75, 3.05) is 13.2 Å². The van der Waals surface area contributed by atoms with Crippen LogP contribution in [0.3, 0.4) is 0 Å². The van der Waals surface area contributed by atoms with Gasteiger partial charge in [0.05, 0.1) is 4.47 Å². The molecule has 1 aromatic rings. The molecular weight excluding hydrogens is 304 g/mol. The van der Waals surface area contributed by atoms with Gasteiger partial charge >= 0.3 is 0 Å². The van der Waals surface area contributed by atoms with E-state index in [1.165, 1.54) is 12.1 Å². The molecule has 1 saturated carbocycles. The van der Waals surface area contributed by atoms with Gasteiger partial charge in [0.25, 0.3) is 0 Å². The molecule has 100 valence electrons. The van der Waals surface area contributed by atoms with Crippen LogP contribution in [0.25, 0.3) is 0 Å². The lowest BCUT2D eigenvalue weighted by atomic mass is 10.0. The fourth-order valence-electron chi connectivity index (χ4n) is 2.11. The largest absolute Gasteiger partial charge is 0.396 e. The summed E-state index contributed by atoms with van der Waals surface area (Å²) in [5, 5.41) is 12.0. The molecule has 1 fully saturated rings. The van der Waals surface area contributed by atoms with E-state index in [1.54, 1.807) is 0 Å². The molecule has 0 unspecified atom stereocenters. The van der Waals surface area contributed by atoms with Crippen molar-refractivity contribution in [3.05, 3.63) is 33.8 Å². The lowest BCUT2D eigenvalue weighted by Gasteiger charge is -2.15. The molecule has 0 saturated heterocycles. The van der Waals surface area contributed by atoms with Crippen LogP contribution >= 0.6 is 15.9 Å². The molecule has 2 N–H and O–H groups in total. The van der Waals surface area contributed by atoms with Gasteiger partial charge in [0.15, 0.2) is 0 Å². The number of benzene rings is 1. The molecule has 0 spiro atoms. The summed E-state index contributed by atoms with van der Waals surface area (Å²) in [7, 11) is 0. The van der Waals surface area contributed by atoms with Gasteiger partial charge in [0.2, 0.25) is 0 Å². The van der Waals surface area contributed by atoms with Crippen LogP contribution < -0.4 is 5.32 Å². The SMILES string of the molecule is OCCC1(CNCc2c(F)ccc(Br)c2F)CC1. The van der Waals surface area contributed by atoms with Crippen molar-refractivity contribution in [2.45, 2.75) is 25.8 Å². The lowest BCUT2D eigenvalue weighted by Crippen LogP contribution is -2.25. The van der Waals surface area contributed by atoms with Gasteiger partial charge in [0.1, 0.15) is 11.6 Å². The molecule has 0 aromatic heterocycles. The first-order chi connectivity index (χ1) is 8.58. The molecule has 0 heterocycles. The monoisotopic (exact) mass is 319 g/mol. The molecule has 18 heavy (non-hydrogen) atoms. The molecule has 1 aliphatic rings. The topological polar surface area (TPSA) is 32.3 Å². The summed E-state index contributed by atoms with van der Waals surface area (Å²) >= 11 is 3.05. The van der Waals surface area contributed by atoms with Gasteiger partial charge in [-0.15, -0.1) is 0 Å². The van der Waals surface area contributed by atoms with Crippen molar-refractivity contribution >= 4 is 15.9 Å². The van der Waals surface area contributed by atoms with Gasteiger partial charge in [-0.25, -0.2) is 8.78 Å². The third-order valence-corrected chi connectivity index (χ3v) is 4.15. The van der Waals surface area contributed by atoms with Crippen molar-refractivity contribution < 1.29 is 13.9 Å². The van der Waals surface area contributed by atoms with E-state index in [0.717, 1.165) is 19.3 Å². The summed E-state index contributed by atoms with van der Waals surface area (Å²) in [6.45, 7) is 1.03. The molecule has 1 aliphatic carbocycles. The van der Waals surface area contributed by atoms with Crippen LogP contribution in [0.5, 0.6) is 0 Å². The Kier molecular flexibility index (Phi) is 4.35. The highest BCUT2D eigenvalue weighted by Gasteiger charge is 2.41. The Balaban J connectivity index is 1.93. The van der Waals surface area contributed by atoms with Crippen LogP contribution in [0.15, 0.2) is 16.6 Å². The maximum atomic E-state index is 13.7. The van der Waals surface area contributed by atoms with Crippen molar-refractivity contribution in [1.82, 2.24) is 5.32 Å². The number of rotatable bonds is 6. The fourth-order valence-corrected chi connectivity index (χ4v) is 2.48. The number of hydrogen-bond acceptors (Lipinski definition) is 2. The number of hydrogen-bond donors (Lipinski definition) is 2. The first kappa shape index (κ1) is 13.9. The molecule has 0 radical (unpaired) electrons. The second-order valence-electron chi connectivity index (χ2n) is 4.90. The lowest BCUT2D eigenvalue weighted by molar-refractivity contribution is 0.245. The summed E-state index contributed by atoms with van der Waals surface area (Å²) < 4.78 is 27.4. The molecule has 0 bridgehead atoms. The zero-order valence-corrected chi connectivity index (χ0v) is 11.6. The van der Waals surface area contributed by atoms with Gasteiger partial charge in [-0.2, -0.15) is 0 Å². The fraction of sp³-hybridized carbons (Fsp3) is 0.538. The van der Waals surface area contributed by atoms with Crippen LogP contribution in [0.1, 0.15) is 24.8 Å². The van der Waals surface area contributed by atoms with Gasteiger partial charge in [-0.05, 0) is 52.7 Å². The maximum Gasteiger partial charge on any atom is 0.144 e. The average molecular weight is 320 g/mol. The molecule has 0 aliphatic heterocycles. The third-order valence-electron chi connectivity index (χ3n) is 3.54. The normalized spacial score (nSPS) is 16.9. The number of aliphatic hydroxyl groups is 1. The summed E-state index contributed by atoms with van der Waals surface area (Å²) in [6, 6.07) is 2.62. The van der Waals surface area contributed by atoms with Gasteiger partial charge in [-0.1, -0.05) is 0 Å². The Morgan fingerprint density at radius 1 is 1.33 bits per heavy atom. The van der Waals surface area contributed by atoms with E-state index in [1.807, 2.05) is 0 Å². The van der Waals surface area contributed by atoms with E-state index in [2.05, 4.69) is 21.2 Å². The van der Waals surface area contributed by atoms with E-state index >= 15 is 0 Å². The zero-order valence-electron chi connectivity index (χ0n) is 9.98. The van der Waals surface area contributed by atoms with E-state index in [4.69, 9.17) is 5.11 Å². The Labute approximate surface area is 114 Å². The van der Waals surface area contributed by atoms with Crippen molar-refractivity contribution in [3.63, 3.8) is 0 Å². The van der Waals surface area contributed by atoms with E-state index in [-0.39, 0.29) is 28.6 Å². The molecule has 1 aromatic carbocycles. The summed E-state index contributed by atoms with van der Waals surface area (Å²) in [4.78, 5) is 0. The smallest absolute Gasteiger partial charge is 0.144 e. The summed E-state index contributed by atoms with van der Waals surface area (Å²) in [5.41, 5.74) is 0.206. The molecular formula is C13H16BrF2NO. The minimum Gasteiger partial charge on any atom is -0.396 e. The standard InChI is InChI=1S/C13H16BrF2NO/c14-10-1-2-11(15)9(12(10)16)7-17-8-13(3-4-13)5-6-18/h1-2,17-18H,3-8H2. The van der Waals surface area contributed by atoms with Crippen molar-refractivity contribution in [2.24, 2.45) is 5.41 Å². The van der Waals surface area contributed by atoms with Crippen molar-refractivity contribution in [3.8, 4) is 0 Å². The highest BCUT2D eigenvalue weighted by Crippen LogP contribution is 2.47. The van der Waals surface area contributed by atoms with Crippen LogP contribution in [0.2, 0.25) is 0 Å². The third kappa shape index (κ3) is 3.08. The van der Waals surface area contributed by atoms with Crippen LogP contribution in [-0.4, -0.2) is 18.3 Å². The highest BCUT2D eigenvalue weighted by molar-refractivity contribution is 9.10. The highest BCUT2D eigenvalue weighted by atomic mass is 79.9. The molecule has 2 rings (SSSR count). The Bertz CT molecular complexity index is 435. The number of nitrogens with one attached hydrogen (secondary N) is 1. The molecule has 0 amide bonds. The van der Waals surface area contributed by atoms with E-state index < -0.39 is 11.6 Å². The van der Waals surface area contributed by atoms with Gasteiger partial charge in [-0.3, -0.25) is 0 Å². The zero-order chi connectivity index (χ0) is 13.2. The minimum absolute atomic E-state index is 0.0594. The summed E-state index contributed by atoms with van der Waals surface area (Å²) in [6.07, 6.45) is 2.90. The Morgan fingerprint density at radius 2 is 2.06 bits per heavy atom. The number of halogens is 3. The van der Waals surface area contributed by atoms with E-state index in [9.17, 15) is 8.78 Å². The predicted octanol–water partition coefficient (Wildman–Crippen LogP) is 2.98. The van der Waals surface area contributed by atoms with Gasteiger partial charge in [0, 0.05) is 25.3 Å². The second-order valence-corrected chi connectivity index (χ2v) is 5.75. The maximum absolute atomic E-state index is 13.7. The quantitative estimate of drug-likeness (QED) is 0.790. The van der Waals surface area contributed by atoms with Crippen molar-refractivity contribution in [1.29, 1.82) is 0 Å². The van der Waals surface area contributed by atoms with Crippen LogP contribution in [-0.2, 0) is 6.54 Å². The van der Waals surface area contributed by atoms with Crippen LogP contribution in [0.4, 0.5) is 8.78 Å². The first-order valence-corrected chi connectivity index (χ1v) is 6.81. The number of aliphatic hydroxyl groups excluding tert-OH is 1. The second kappa shape index (κ2) is 5.63. The van der Waals surface area contributed by atoms with E-state index in [0.29, 0.717) is 6.54 Å². The van der Waals surface area contributed by atoms with Gasteiger partial charge < -0.3 is 10.4 Å².